The van der Waals surface area contributed by atoms with E-state index in [-0.39, 0.29) is 22.8 Å². The molecule has 0 aromatic rings. The van der Waals surface area contributed by atoms with E-state index < -0.39 is 0 Å². The predicted octanol–water partition coefficient (Wildman–Crippen LogP) is 2.49. The molecule has 1 aliphatic carbocycles. The first-order chi connectivity index (χ1) is 7.84. The summed E-state index contributed by atoms with van der Waals surface area (Å²) in [6, 6.07) is -0.0249. The van der Waals surface area contributed by atoms with Crippen LogP contribution in [0.25, 0.3) is 0 Å². The summed E-state index contributed by atoms with van der Waals surface area (Å²) in [6.45, 7) is 8.95. The molecule has 1 aliphatic rings. The lowest BCUT2D eigenvalue weighted by molar-refractivity contribution is 0.0342. The lowest BCUT2D eigenvalue weighted by Crippen LogP contribution is -2.46. The van der Waals surface area contributed by atoms with Crippen molar-refractivity contribution in [2.24, 2.45) is 26.7 Å². The van der Waals surface area contributed by atoms with Crippen LogP contribution in [0.2, 0.25) is 0 Å². The van der Waals surface area contributed by atoms with Crippen molar-refractivity contribution in [2.45, 2.75) is 46.6 Å². The highest BCUT2D eigenvalue weighted by atomic mass is 16.1. The highest BCUT2D eigenvalue weighted by molar-refractivity contribution is 5.34. The van der Waals surface area contributed by atoms with E-state index in [1.807, 2.05) is 0 Å². The summed E-state index contributed by atoms with van der Waals surface area (Å²) < 4.78 is 0. The molecule has 3 unspecified atom stereocenters. The van der Waals surface area contributed by atoms with Crippen molar-refractivity contribution in [3.05, 3.63) is 0 Å². The van der Waals surface area contributed by atoms with Crippen LogP contribution in [0.15, 0.2) is 9.98 Å². The quantitative estimate of drug-likeness (QED) is 0.558. The topological polar surface area (TPSA) is 58.9 Å². The number of hydrogen-bond donors (Lipinski definition) is 0. The third-order valence-electron chi connectivity index (χ3n) is 4.04. The molecule has 3 atom stereocenters. The van der Waals surface area contributed by atoms with Crippen molar-refractivity contribution in [1.29, 1.82) is 0 Å². The lowest BCUT2D eigenvalue weighted by Gasteiger charge is -2.49. The molecule has 0 amide bonds. The normalized spacial score (nSPS) is 35.5. The van der Waals surface area contributed by atoms with Crippen molar-refractivity contribution in [3.8, 4) is 0 Å². The molecule has 0 bridgehead atoms. The lowest BCUT2D eigenvalue weighted by atomic mass is 9.58. The van der Waals surface area contributed by atoms with Gasteiger partial charge in [0.2, 0.25) is 12.2 Å². The molecule has 1 rings (SSSR count). The van der Waals surface area contributed by atoms with Gasteiger partial charge in [-0.2, -0.15) is 0 Å². The predicted molar refractivity (Wildman–Crippen MR) is 65.2 cm³/mol. The highest BCUT2D eigenvalue weighted by Gasteiger charge is 2.46. The molecule has 0 N–H and O–H groups in total. The first-order valence-corrected chi connectivity index (χ1v) is 5.95. The van der Waals surface area contributed by atoms with Gasteiger partial charge in [-0.25, -0.2) is 19.6 Å². The van der Waals surface area contributed by atoms with Crippen molar-refractivity contribution in [1.82, 2.24) is 0 Å². The smallest absolute Gasteiger partial charge is 0.211 e. The van der Waals surface area contributed by atoms with Gasteiger partial charge in [-0.1, -0.05) is 27.7 Å². The number of isocyanates is 2. The number of aliphatic imine (C=N–C) groups is 2. The van der Waals surface area contributed by atoms with Gasteiger partial charge in [0.15, 0.2) is 0 Å². The van der Waals surface area contributed by atoms with Crippen LogP contribution in [0.1, 0.15) is 40.5 Å². The Morgan fingerprint density at radius 3 is 2.41 bits per heavy atom. The van der Waals surface area contributed by atoms with E-state index in [0.717, 1.165) is 12.8 Å². The Labute approximate surface area is 102 Å². The van der Waals surface area contributed by atoms with Crippen molar-refractivity contribution >= 4 is 12.2 Å². The minimum Gasteiger partial charge on any atom is -0.211 e. The molecule has 0 aromatic carbocycles. The Kier molecular flexibility index (Phi) is 4.03. The maximum Gasteiger partial charge on any atom is 0.235 e. The molecule has 1 saturated carbocycles. The van der Waals surface area contributed by atoms with Gasteiger partial charge in [0.05, 0.1) is 12.6 Å². The number of carbonyl (C=O) groups excluding carboxylic acids is 2. The molecule has 4 nitrogen and oxygen atoms in total. The van der Waals surface area contributed by atoms with Gasteiger partial charge >= 0.3 is 0 Å². The summed E-state index contributed by atoms with van der Waals surface area (Å²) in [4.78, 5) is 28.4. The van der Waals surface area contributed by atoms with E-state index in [2.05, 4.69) is 37.7 Å². The minimum absolute atomic E-state index is 0.0249. The third-order valence-corrected chi connectivity index (χ3v) is 4.04. The zero-order chi connectivity index (χ0) is 13.1. The van der Waals surface area contributed by atoms with Crippen LogP contribution in [0.3, 0.4) is 0 Å². The second-order valence-electron chi connectivity index (χ2n) is 6.18. The van der Waals surface area contributed by atoms with Gasteiger partial charge in [-0.15, -0.1) is 0 Å². The van der Waals surface area contributed by atoms with Crippen LogP contribution >= 0.6 is 0 Å². The molecule has 94 valence electrons. The average molecular weight is 236 g/mol. The van der Waals surface area contributed by atoms with Crippen LogP contribution in [0, 0.1) is 16.7 Å². The third kappa shape index (κ3) is 3.12. The summed E-state index contributed by atoms with van der Waals surface area (Å²) in [6.07, 6.45) is 5.12. The largest absolute Gasteiger partial charge is 0.235 e. The Morgan fingerprint density at radius 1 is 1.24 bits per heavy atom. The average Bonchev–Trinajstić information content (AvgIpc) is 2.22. The SMILES string of the molecule is CC1C(N=C=O)CC(C)(C)CC1(C)CN=C=O. The van der Waals surface area contributed by atoms with Gasteiger partial charge in [0.1, 0.15) is 0 Å². The molecule has 0 heterocycles. The first-order valence-electron chi connectivity index (χ1n) is 5.95. The fraction of sp³-hybridized carbons (Fsp3) is 0.846. The maximum atomic E-state index is 10.5. The summed E-state index contributed by atoms with van der Waals surface area (Å²) >= 11 is 0. The fourth-order valence-corrected chi connectivity index (χ4v) is 3.17. The van der Waals surface area contributed by atoms with Crippen molar-refractivity contribution in [3.63, 3.8) is 0 Å². The Hall–Kier alpha value is -1.24. The van der Waals surface area contributed by atoms with E-state index in [0.29, 0.717) is 6.54 Å². The zero-order valence-corrected chi connectivity index (χ0v) is 11.0. The molecule has 17 heavy (non-hydrogen) atoms. The summed E-state index contributed by atoms with van der Waals surface area (Å²) in [5.74, 6) is 0.217. The zero-order valence-electron chi connectivity index (χ0n) is 11.0. The van der Waals surface area contributed by atoms with Gasteiger partial charge in [0.25, 0.3) is 0 Å². The Bertz CT molecular complexity index is 379. The molecule has 0 aromatic heterocycles. The van der Waals surface area contributed by atoms with Crippen LogP contribution in [-0.4, -0.2) is 24.7 Å². The van der Waals surface area contributed by atoms with Gasteiger partial charge < -0.3 is 0 Å². The number of hydrogen-bond acceptors (Lipinski definition) is 4. The van der Waals surface area contributed by atoms with E-state index in [1.165, 1.54) is 0 Å². The van der Waals surface area contributed by atoms with Gasteiger partial charge in [0, 0.05) is 0 Å². The summed E-state index contributed by atoms with van der Waals surface area (Å²) in [5, 5.41) is 0. The van der Waals surface area contributed by atoms with Crippen LogP contribution in [0.4, 0.5) is 0 Å². The van der Waals surface area contributed by atoms with Gasteiger partial charge in [-0.05, 0) is 29.6 Å². The van der Waals surface area contributed by atoms with E-state index in [4.69, 9.17) is 0 Å². The molecular formula is C13H20N2O2. The Morgan fingerprint density at radius 2 is 1.88 bits per heavy atom. The molecule has 0 aliphatic heterocycles. The van der Waals surface area contributed by atoms with E-state index in [1.54, 1.807) is 12.2 Å². The standard InChI is InChI=1S/C13H20N2O2/c1-10-11(15-9-17)5-12(2,3)6-13(10,4)7-14-8-16/h10-11H,5-7H2,1-4H3. The number of rotatable bonds is 3. The molecule has 0 saturated heterocycles. The summed E-state index contributed by atoms with van der Waals surface area (Å²) in [5.41, 5.74) is -0.00510. The van der Waals surface area contributed by atoms with Crippen LogP contribution in [0.5, 0.6) is 0 Å². The monoisotopic (exact) mass is 236 g/mol. The molecule has 1 fully saturated rings. The minimum atomic E-state index is -0.107. The van der Waals surface area contributed by atoms with E-state index in [9.17, 15) is 9.59 Å². The van der Waals surface area contributed by atoms with E-state index >= 15 is 0 Å². The highest BCUT2D eigenvalue weighted by Crippen LogP contribution is 2.50. The van der Waals surface area contributed by atoms with Gasteiger partial charge in [-0.3, -0.25) is 0 Å². The summed E-state index contributed by atoms with van der Waals surface area (Å²) in [7, 11) is 0. The maximum absolute atomic E-state index is 10.5. The molecule has 0 spiro atoms. The molecular weight excluding hydrogens is 216 g/mol. The van der Waals surface area contributed by atoms with Crippen molar-refractivity contribution in [2.75, 3.05) is 6.54 Å². The Balaban J connectivity index is 3.02. The first kappa shape index (κ1) is 13.8. The fourth-order valence-electron chi connectivity index (χ4n) is 3.17. The molecule has 0 radical (unpaired) electrons. The number of nitrogens with zero attached hydrogens (tertiary/aromatic N) is 2. The second-order valence-corrected chi connectivity index (χ2v) is 6.18. The van der Waals surface area contributed by atoms with Crippen LogP contribution in [-0.2, 0) is 9.59 Å². The molecule has 4 heteroatoms. The second kappa shape index (κ2) is 4.95. The van der Waals surface area contributed by atoms with Crippen LogP contribution < -0.4 is 0 Å². The van der Waals surface area contributed by atoms with Crippen molar-refractivity contribution < 1.29 is 9.59 Å².